The van der Waals surface area contributed by atoms with Gasteiger partial charge in [0.05, 0.1) is 11.7 Å². The second-order valence-electron chi connectivity index (χ2n) is 13.6. The quantitative estimate of drug-likeness (QED) is 0.104. The minimum Gasteiger partial charge on any atom is -0.455 e. The van der Waals surface area contributed by atoms with Crippen LogP contribution in [0.5, 0.6) is 11.5 Å². The van der Waals surface area contributed by atoms with Gasteiger partial charge in [0.15, 0.2) is 5.75 Å². The number of anilines is 1. The molecule has 0 fully saturated rings. The number of nitrogens with zero attached hydrogens (tertiary/aromatic N) is 1. The number of carbonyl (C=O) groups is 3. The highest BCUT2D eigenvalue weighted by Gasteiger charge is 2.23. The molecule has 4 amide bonds. The molecule has 280 valence electrons. The third kappa shape index (κ3) is 11.3. The zero-order chi connectivity index (χ0) is 38.7. The van der Waals surface area contributed by atoms with E-state index in [0.717, 1.165) is 16.7 Å². The van der Waals surface area contributed by atoms with Gasteiger partial charge in [-0.15, -0.1) is 0 Å². The Balaban J connectivity index is 1.35. The molecule has 0 saturated heterocycles. The molecule has 0 aliphatic carbocycles. The Morgan fingerprint density at radius 1 is 0.815 bits per heavy atom. The van der Waals surface area contributed by atoms with Gasteiger partial charge in [-0.3, -0.25) is 4.79 Å². The van der Waals surface area contributed by atoms with Crippen LogP contribution in [-0.2, 0) is 11.3 Å². The lowest BCUT2D eigenvalue weighted by atomic mass is 10.0. The fraction of sp³-hybridized carbons (Fsp3) is 0.233. The first kappa shape index (κ1) is 39.3. The number of hydrogen-bond acceptors (Lipinski definition) is 5. The maximum Gasteiger partial charge on any atom is 0.408 e. The van der Waals surface area contributed by atoms with Crippen molar-refractivity contribution >= 4 is 35.3 Å². The van der Waals surface area contributed by atoms with Gasteiger partial charge in [0.1, 0.15) is 17.2 Å². The maximum absolute atomic E-state index is 14.3. The third-order valence-corrected chi connectivity index (χ3v) is 8.49. The molecule has 5 rings (SSSR count). The van der Waals surface area contributed by atoms with Crippen LogP contribution < -0.4 is 25.6 Å². The van der Waals surface area contributed by atoms with Gasteiger partial charge in [-0.1, -0.05) is 84.4 Å². The molecule has 0 radical (unpaired) electrons. The Morgan fingerprint density at radius 3 is 2.24 bits per heavy atom. The molecule has 0 spiro atoms. The summed E-state index contributed by atoms with van der Waals surface area (Å²) in [5.41, 5.74) is 3.41. The smallest absolute Gasteiger partial charge is 0.408 e. The predicted molar refractivity (Wildman–Crippen MR) is 211 cm³/mol. The summed E-state index contributed by atoms with van der Waals surface area (Å²) >= 11 is 6.47. The van der Waals surface area contributed by atoms with Crippen molar-refractivity contribution in [3.05, 3.63) is 149 Å². The van der Waals surface area contributed by atoms with E-state index in [0.29, 0.717) is 39.8 Å². The van der Waals surface area contributed by atoms with E-state index >= 15 is 0 Å². The summed E-state index contributed by atoms with van der Waals surface area (Å²) in [6, 6.07) is 34.9. The van der Waals surface area contributed by atoms with Crippen molar-refractivity contribution in [1.29, 1.82) is 0 Å². The van der Waals surface area contributed by atoms with Crippen molar-refractivity contribution in [2.75, 3.05) is 18.0 Å². The number of urea groups is 1. The maximum atomic E-state index is 14.3. The predicted octanol–water partition coefficient (Wildman–Crippen LogP) is 10.1. The molecule has 0 aliphatic rings. The van der Waals surface area contributed by atoms with Crippen LogP contribution in [0.25, 0.3) is 11.1 Å². The van der Waals surface area contributed by atoms with Crippen LogP contribution in [0, 0.1) is 5.82 Å². The van der Waals surface area contributed by atoms with Crippen LogP contribution in [0.15, 0.2) is 121 Å². The van der Waals surface area contributed by atoms with Gasteiger partial charge in [-0.05, 0) is 93.3 Å². The number of ether oxygens (including phenoxy) is 2. The molecule has 0 heterocycles. The first-order valence-electron chi connectivity index (χ1n) is 17.7. The SMILES string of the molecule is C[C@H](NC(=O)OC(C)(C)C)c1cccc(Oc2cc(Cl)ccc2N(CCCNC(=O)NCc2ccccc2F)C(=O)c2ccc(-c3ccccc3)cc2)c1. The summed E-state index contributed by atoms with van der Waals surface area (Å²) in [5.74, 6) is 0.108. The van der Waals surface area contributed by atoms with Crippen molar-refractivity contribution in [1.82, 2.24) is 16.0 Å². The number of amides is 4. The summed E-state index contributed by atoms with van der Waals surface area (Å²) in [6.07, 6.45) is -0.159. The molecule has 0 unspecified atom stereocenters. The van der Waals surface area contributed by atoms with Crippen LogP contribution >= 0.6 is 11.6 Å². The third-order valence-electron chi connectivity index (χ3n) is 8.26. The van der Waals surface area contributed by atoms with E-state index < -0.39 is 29.6 Å². The number of halogens is 2. The molecule has 0 saturated carbocycles. The topological polar surface area (TPSA) is 109 Å². The number of rotatable bonds is 13. The Labute approximate surface area is 320 Å². The lowest BCUT2D eigenvalue weighted by Gasteiger charge is -2.26. The van der Waals surface area contributed by atoms with Gasteiger partial charge in [0, 0.05) is 41.9 Å². The Bertz CT molecular complexity index is 2050. The van der Waals surface area contributed by atoms with Crippen molar-refractivity contribution in [2.24, 2.45) is 0 Å². The lowest BCUT2D eigenvalue weighted by molar-refractivity contribution is 0.0507. The van der Waals surface area contributed by atoms with E-state index in [1.165, 1.54) is 6.07 Å². The van der Waals surface area contributed by atoms with Crippen LogP contribution in [0.4, 0.5) is 19.7 Å². The first-order valence-corrected chi connectivity index (χ1v) is 18.0. The zero-order valence-electron chi connectivity index (χ0n) is 30.7. The standard InChI is InChI=1S/C43H44ClFN4O5/c1-29(48-42(52)54-43(2,3)4)33-15-10-16-36(26-33)53-39-27-35(44)22-23-38(39)49(25-11-24-46-41(51)47-28-34-14-8-9-17-37(34)45)40(50)32-20-18-31(19-21-32)30-12-6-5-7-13-30/h5-10,12-23,26-27,29H,11,24-25,28H2,1-4H3,(H,48,52)(H2,46,47,51)/t29-/m0/s1. The van der Waals surface area contributed by atoms with E-state index in [4.69, 9.17) is 21.1 Å². The van der Waals surface area contributed by atoms with Gasteiger partial charge in [0.25, 0.3) is 5.91 Å². The summed E-state index contributed by atoms with van der Waals surface area (Å²) in [6.45, 7) is 7.70. The number of nitrogens with one attached hydrogen (secondary N) is 3. The van der Waals surface area contributed by atoms with Crippen molar-refractivity contribution < 1.29 is 28.2 Å². The van der Waals surface area contributed by atoms with E-state index in [-0.39, 0.29) is 25.5 Å². The minimum atomic E-state index is -0.642. The highest BCUT2D eigenvalue weighted by molar-refractivity contribution is 6.30. The van der Waals surface area contributed by atoms with Crippen molar-refractivity contribution in [3.63, 3.8) is 0 Å². The minimum absolute atomic E-state index is 0.0324. The molecule has 0 bridgehead atoms. The summed E-state index contributed by atoms with van der Waals surface area (Å²) in [7, 11) is 0. The molecule has 9 nitrogen and oxygen atoms in total. The van der Waals surface area contributed by atoms with Gasteiger partial charge in [-0.25, -0.2) is 14.0 Å². The van der Waals surface area contributed by atoms with E-state index in [1.807, 2.05) is 61.5 Å². The Kier molecular flexibility index (Phi) is 13.3. The van der Waals surface area contributed by atoms with E-state index in [2.05, 4.69) is 16.0 Å². The number of alkyl carbamates (subject to hydrolysis) is 1. The Hall–Kier alpha value is -5.87. The molecule has 0 aromatic heterocycles. The van der Waals surface area contributed by atoms with Crippen LogP contribution in [-0.4, -0.2) is 36.7 Å². The highest BCUT2D eigenvalue weighted by atomic mass is 35.5. The number of carbonyl (C=O) groups excluding carboxylic acids is 3. The molecule has 54 heavy (non-hydrogen) atoms. The van der Waals surface area contributed by atoms with Gasteiger partial charge in [-0.2, -0.15) is 0 Å². The number of hydrogen-bond donors (Lipinski definition) is 3. The Morgan fingerprint density at radius 2 is 1.52 bits per heavy atom. The van der Waals surface area contributed by atoms with Crippen molar-refractivity contribution in [3.8, 4) is 22.6 Å². The molecule has 1 atom stereocenters. The number of benzene rings is 5. The lowest BCUT2D eigenvalue weighted by Crippen LogP contribution is -2.38. The van der Waals surface area contributed by atoms with Crippen LogP contribution in [0.3, 0.4) is 0 Å². The summed E-state index contributed by atoms with van der Waals surface area (Å²) in [5, 5.41) is 8.70. The van der Waals surface area contributed by atoms with Gasteiger partial charge in [0.2, 0.25) is 0 Å². The highest BCUT2D eigenvalue weighted by Crippen LogP contribution is 2.37. The van der Waals surface area contributed by atoms with Gasteiger partial charge >= 0.3 is 12.1 Å². The normalized spacial score (nSPS) is 11.6. The molecule has 3 N–H and O–H groups in total. The first-order chi connectivity index (χ1) is 25.9. The molecular weight excluding hydrogens is 707 g/mol. The fourth-order valence-corrected chi connectivity index (χ4v) is 5.74. The second-order valence-corrected chi connectivity index (χ2v) is 14.0. The van der Waals surface area contributed by atoms with E-state index in [9.17, 15) is 18.8 Å². The van der Waals surface area contributed by atoms with E-state index in [1.54, 1.807) is 86.3 Å². The van der Waals surface area contributed by atoms with Crippen molar-refractivity contribution in [2.45, 2.75) is 52.3 Å². The average molecular weight is 751 g/mol. The molecular formula is C43H44ClFN4O5. The average Bonchev–Trinajstić information content (AvgIpc) is 3.14. The monoisotopic (exact) mass is 750 g/mol. The summed E-state index contributed by atoms with van der Waals surface area (Å²) < 4.78 is 25.8. The largest absolute Gasteiger partial charge is 0.455 e. The molecule has 0 aliphatic heterocycles. The molecule has 5 aromatic rings. The van der Waals surface area contributed by atoms with Crippen LogP contribution in [0.2, 0.25) is 5.02 Å². The molecule has 11 heteroatoms. The van der Waals surface area contributed by atoms with Crippen LogP contribution in [0.1, 0.15) is 61.6 Å². The van der Waals surface area contributed by atoms with Gasteiger partial charge < -0.3 is 30.3 Å². The second kappa shape index (κ2) is 18.3. The zero-order valence-corrected chi connectivity index (χ0v) is 31.5. The molecule has 5 aromatic carbocycles. The fourth-order valence-electron chi connectivity index (χ4n) is 5.58. The summed E-state index contributed by atoms with van der Waals surface area (Å²) in [4.78, 5) is 40.9.